The maximum Gasteiger partial charge on any atom is 0.0576 e. The lowest BCUT2D eigenvalue weighted by Crippen LogP contribution is -2.43. The quantitative estimate of drug-likeness (QED) is 0.0973. The standard InChI is InChI=1S/C53H52N2/c1-7-34-52(36-42-24-14-12-20-38(42)3)48(54(5)46-32-30-40-22-16-18-26-44(40)50(46)52)28-10-9-11-29-49-53(35-8-2,37-43-25-15-13-21-39(43)4)51-45-27-19-17-23-41(45)31-33-47(51)55(49)6/h7-33,48H,1-2,34-37H2,3-6H3/b11-9+,28-10+,49-29+. The normalized spacial score (nSPS) is 21.3. The van der Waals surface area contributed by atoms with Gasteiger partial charge in [-0.2, -0.15) is 0 Å². The van der Waals surface area contributed by atoms with Gasteiger partial charge in [0.05, 0.1) is 6.04 Å². The Hall–Kier alpha value is -5.86. The first-order valence-electron chi connectivity index (χ1n) is 19.7. The van der Waals surface area contributed by atoms with Gasteiger partial charge in [-0.3, -0.25) is 0 Å². The fourth-order valence-electron chi connectivity index (χ4n) is 10.1. The second-order valence-electron chi connectivity index (χ2n) is 15.7. The minimum Gasteiger partial charge on any atom is -0.367 e. The summed E-state index contributed by atoms with van der Waals surface area (Å²) in [4.78, 5) is 4.91. The molecule has 0 fully saturated rings. The Labute approximate surface area is 328 Å². The fourth-order valence-corrected chi connectivity index (χ4v) is 10.1. The van der Waals surface area contributed by atoms with Gasteiger partial charge in [-0.05, 0) is 113 Å². The third-order valence-electron chi connectivity index (χ3n) is 12.7. The highest BCUT2D eigenvalue weighted by atomic mass is 15.2. The van der Waals surface area contributed by atoms with Crippen LogP contribution in [-0.2, 0) is 23.7 Å². The molecule has 0 amide bonds. The molecule has 0 aliphatic carbocycles. The number of aryl methyl sites for hydroxylation is 2. The van der Waals surface area contributed by atoms with Crippen LogP contribution in [0.4, 0.5) is 11.4 Å². The van der Waals surface area contributed by atoms with Crippen LogP contribution in [0.3, 0.4) is 0 Å². The summed E-state index contributed by atoms with van der Waals surface area (Å²) in [5, 5.41) is 5.21. The van der Waals surface area contributed by atoms with Crippen LogP contribution in [0.2, 0.25) is 0 Å². The van der Waals surface area contributed by atoms with Crippen LogP contribution >= 0.6 is 0 Å². The zero-order valence-corrected chi connectivity index (χ0v) is 32.8. The molecule has 2 aliphatic heterocycles. The van der Waals surface area contributed by atoms with Gasteiger partial charge in [0.1, 0.15) is 0 Å². The van der Waals surface area contributed by atoms with Crippen molar-refractivity contribution >= 4 is 32.9 Å². The Morgan fingerprint density at radius 3 is 1.78 bits per heavy atom. The summed E-state index contributed by atoms with van der Waals surface area (Å²) >= 11 is 0. The molecule has 2 nitrogen and oxygen atoms in total. The molecule has 0 saturated carbocycles. The van der Waals surface area contributed by atoms with Crippen LogP contribution in [-0.4, -0.2) is 20.1 Å². The van der Waals surface area contributed by atoms with Crippen molar-refractivity contribution in [1.29, 1.82) is 0 Å². The van der Waals surface area contributed by atoms with Crippen molar-refractivity contribution in [3.8, 4) is 0 Å². The average molecular weight is 717 g/mol. The van der Waals surface area contributed by atoms with Crippen molar-refractivity contribution in [3.63, 3.8) is 0 Å². The van der Waals surface area contributed by atoms with E-state index in [2.05, 4.69) is 215 Å². The number of fused-ring (bicyclic) bond motifs is 6. The Balaban J connectivity index is 1.22. The van der Waals surface area contributed by atoms with Crippen molar-refractivity contribution in [1.82, 2.24) is 0 Å². The van der Waals surface area contributed by atoms with Crippen molar-refractivity contribution in [3.05, 3.63) is 216 Å². The Bertz CT molecular complexity index is 2510. The summed E-state index contributed by atoms with van der Waals surface area (Å²) in [6.07, 6.45) is 19.3. The second kappa shape index (κ2) is 14.8. The fraction of sp³-hybridized carbons (Fsp3) is 0.208. The lowest BCUT2D eigenvalue weighted by Gasteiger charge is -2.37. The van der Waals surface area contributed by atoms with Crippen LogP contribution in [0.1, 0.15) is 46.2 Å². The van der Waals surface area contributed by atoms with Crippen molar-refractivity contribution in [2.75, 3.05) is 23.9 Å². The van der Waals surface area contributed by atoms with Gasteiger partial charge in [-0.1, -0.05) is 146 Å². The summed E-state index contributed by atoms with van der Waals surface area (Å²) in [5.74, 6) is 0. The lowest BCUT2D eigenvalue weighted by molar-refractivity contribution is 0.403. The minimum absolute atomic E-state index is 0.133. The van der Waals surface area contributed by atoms with Crippen molar-refractivity contribution in [2.24, 2.45) is 0 Å². The second-order valence-corrected chi connectivity index (χ2v) is 15.7. The highest BCUT2D eigenvalue weighted by molar-refractivity contribution is 5.96. The van der Waals surface area contributed by atoms with E-state index < -0.39 is 0 Å². The Morgan fingerprint density at radius 2 is 1.15 bits per heavy atom. The molecule has 3 atom stereocenters. The molecule has 0 spiro atoms. The molecule has 8 rings (SSSR count). The SMILES string of the molecule is C=CCC1(Cc2ccccc2C)\C(=C/C=C/C=C/C2N(C)c3ccc4ccccc4c3C2(CC=C)Cc2ccccc2C)N(C)c2ccc3ccccc3c21. The molecule has 6 aromatic rings. The smallest absolute Gasteiger partial charge is 0.0576 e. The molecular formula is C53H52N2. The van der Waals surface area contributed by atoms with E-state index in [1.165, 1.54) is 72.0 Å². The van der Waals surface area contributed by atoms with E-state index in [1.54, 1.807) is 0 Å². The van der Waals surface area contributed by atoms with Gasteiger partial charge in [0.25, 0.3) is 0 Å². The van der Waals surface area contributed by atoms with Crippen LogP contribution in [0.5, 0.6) is 0 Å². The predicted octanol–water partition coefficient (Wildman–Crippen LogP) is 12.7. The number of hydrogen-bond acceptors (Lipinski definition) is 2. The van der Waals surface area contributed by atoms with E-state index >= 15 is 0 Å². The van der Waals surface area contributed by atoms with E-state index in [-0.39, 0.29) is 16.9 Å². The molecule has 0 N–H and O–H groups in total. The largest absolute Gasteiger partial charge is 0.367 e. The number of nitrogens with zero attached hydrogens (tertiary/aromatic N) is 2. The third-order valence-corrected chi connectivity index (χ3v) is 12.7. The number of hydrogen-bond donors (Lipinski definition) is 0. The zero-order chi connectivity index (χ0) is 38.2. The van der Waals surface area contributed by atoms with Gasteiger partial charge in [0.2, 0.25) is 0 Å². The first-order chi connectivity index (χ1) is 26.8. The summed E-state index contributed by atoms with van der Waals surface area (Å²) in [6.45, 7) is 13.1. The molecule has 0 bridgehead atoms. The topological polar surface area (TPSA) is 6.48 Å². The van der Waals surface area contributed by atoms with E-state index in [0.717, 1.165) is 25.7 Å². The summed E-state index contributed by atoms with van der Waals surface area (Å²) in [7, 11) is 4.50. The number of anilines is 2. The first-order valence-corrected chi connectivity index (χ1v) is 19.7. The highest BCUT2D eigenvalue weighted by Crippen LogP contribution is 2.55. The number of allylic oxidation sites excluding steroid dienone is 7. The molecule has 55 heavy (non-hydrogen) atoms. The lowest BCUT2D eigenvalue weighted by atomic mass is 9.68. The summed E-state index contributed by atoms with van der Waals surface area (Å²) < 4.78 is 0. The van der Waals surface area contributed by atoms with E-state index in [1.807, 2.05) is 0 Å². The maximum atomic E-state index is 4.33. The molecule has 2 heterocycles. The van der Waals surface area contributed by atoms with Gasteiger partial charge < -0.3 is 9.80 Å². The maximum absolute atomic E-state index is 4.33. The van der Waals surface area contributed by atoms with Gasteiger partial charge in [0, 0.05) is 42.0 Å². The van der Waals surface area contributed by atoms with Gasteiger partial charge in [-0.25, -0.2) is 0 Å². The molecule has 0 saturated heterocycles. The molecule has 0 radical (unpaired) electrons. The zero-order valence-electron chi connectivity index (χ0n) is 32.8. The third kappa shape index (κ3) is 6.05. The van der Waals surface area contributed by atoms with E-state index in [9.17, 15) is 0 Å². The summed E-state index contributed by atoms with van der Waals surface area (Å²) in [5.41, 5.74) is 11.7. The molecule has 274 valence electrons. The van der Waals surface area contributed by atoms with Crippen LogP contribution < -0.4 is 9.80 Å². The molecule has 3 unspecified atom stereocenters. The molecule has 2 aliphatic rings. The average Bonchev–Trinajstić information content (AvgIpc) is 3.57. The first kappa shape index (κ1) is 36.1. The van der Waals surface area contributed by atoms with Crippen molar-refractivity contribution < 1.29 is 0 Å². The van der Waals surface area contributed by atoms with Gasteiger partial charge in [0.15, 0.2) is 0 Å². The highest BCUT2D eigenvalue weighted by Gasteiger charge is 2.49. The van der Waals surface area contributed by atoms with E-state index in [4.69, 9.17) is 0 Å². The minimum atomic E-state index is -0.270. The van der Waals surface area contributed by atoms with Crippen molar-refractivity contribution in [2.45, 2.75) is 56.4 Å². The van der Waals surface area contributed by atoms with Crippen LogP contribution in [0, 0.1) is 13.8 Å². The molecule has 6 aromatic carbocycles. The molecular weight excluding hydrogens is 665 g/mol. The molecule has 2 heteroatoms. The van der Waals surface area contributed by atoms with Gasteiger partial charge >= 0.3 is 0 Å². The number of rotatable bonds is 11. The Morgan fingerprint density at radius 1 is 0.582 bits per heavy atom. The predicted molar refractivity (Wildman–Crippen MR) is 238 cm³/mol. The van der Waals surface area contributed by atoms with Crippen LogP contribution in [0.25, 0.3) is 21.5 Å². The van der Waals surface area contributed by atoms with E-state index in [0.29, 0.717) is 0 Å². The summed E-state index contributed by atoms with van der Waals surface area (Å²) in [6, 6.07) is 44.8. The number of likely N-dealkylation sites (N-methyl/N-ethyl adjacent to an activating group) is 2. The monoisotopic (exact) mass is 716 g/mol. The van der Waals surface area contributed by atoms with Gasteiger partial charge in [-0.15, -0.1) is 13.2 Å². The van der Waals surface area contributed by atoms with Crippen LogP contribution in [0.15, 0.2) is 183 Å². The number of benzene rings is 6. The Kier molecular flexibility index (Phi) is 9.70. The molecule has 0 aromatic heterocycles.